The number of benzene rings is 1. The molecular weight excluding hydrogens is 352 g/mol. The number of hydrogen-bond acceptors (Lipinski definition) is 4. The Morgan fingerprint density at radius 1 is 1.31 bits per heavy atom. The van der Waals surface area contributed by atoms with Crippen molar-refractivity contribution < 1.29 is 4.90 Å². The van der Waals surface area contributed by atoms with Crippen LogP contribution < -0.4 is 32.1 Å². The quantitative estimate of drug-likeness (QED) is 0.463. The standard InChI is InChI=1S/C17H24N6O2S/c1-21(2)10-9-19-17(26)22(3)13-14(18)23(16(25)20-15(13)24)11-12-7-5-4-6-8-12/h4-8H,9-11,18H2,1-3H3,(H,19,26)(H,20,24,25)/p+1. The van der Waals surface area contributed by atoms with Crippen LogP contribution in [0.5, 0.6) is 0 Å². The number of nitrogens with one attached hydrogen (secondary N) is 3. The number of likely N-dealkylation sites (N-methyl/N-ethyl adjacent to an activating group) is 1. The molecule has 0 spiro atoms. The van der Waals surface area contributed by atoms with E-state index < -0.39 is 11.2 Å². The molecule has 1 aromatic carbocycles. The van der Waals surface area contributed by atoms with Crippen molar-refractivity contribution in [1.82, 2.24) is 14.9 Å². The molecule has 2 rings (SSSR count). The molecule has 0 atom stereocenters. The summed E-state index contributed by atoms with van der Waals surface area (Å²) in [6.45, 7) is 1.79. The highest BCUT2D eigenvalue weighted by atomic mass is 32.1. The molecule has 2 aromatic rings. The molecule has 0 amide bonds. The first-order valence-corrected chi connectivity index (χ1v) is 8.69. The van der Waals surface area contributed by atoms with E-state index in [1.165, 1.54) is 14.4 Å². The number of hydrogen-bond donors (Lipinski definition) is 4. The number of aromatic amines is 1. The summed E-state index contributed by atoms with van der Waals surface area (Å²) in [5.74, 6) is 0.0764. The summed E-state index contributed by atoms with van der Waals surface area (Å²) in [7, 11) is 5.73. The number of nitrogens with two attached hydrogens (primary N) is 1. The van der Waals surface area contributed by atoms with Crippen LogP contribution in [-0.2, 0) is 6.54 Å². The van der Waals surface area contributed by atoms with Crippen LogP contribution in [-0.4, -0.2) is 48.9 Å². The molecular formula is C17H25N6O2S+. The summed E-state index contributed by atoms with van der Waals surface area (Å²) in [6, 6.07) is 9.41. The minimum absolute atomic E-state index is 0.0764. The highest BCUT2D eigenvalue weighted by molar-refractivity contribution is 7.80. The molecule has 1 heterocycles. The summed E-state index contributed by atoms with van der Waals surface area (Å²) in [5.41, 5.74) is 6.09. The third-order valence-electron chi connectivity index (χ3n) is 3.94. The molecule has 5 N–H and O–H groups in total. The molecule has 9 heteroatoms. The molecule has 0 aliphatic carbocycles. The lowest BCUT2D eigenvalue weighted by atomic mass is 10.2. The van der Waals surface area contributed by atoms with E-state index in [0.717, 1.165) is 12.1 Å². The van der Waals surface area contributed by atoms with Crippen LogP contribution in [0.1, 0.15) is 5.56 Å². The largest absolute Gasteiger partial charge is 0.383 e. The highest BCUT2D eigenvalue weighted by Gasteiger charge is 2.19. The van der Waals surface area contributed by atoms with Crippen molar-refractivity contribution in [3.05, 3.63) is 56.7 Å². The Morgan fingerprint density at radius 2 is 1.96 bits per heavy atom. The first-order chi connectivity index (χ1) is 12.3. The van der Waals surface area contributed by atoms with E-state index in [9.17, 15) is 9.59 Å². The van der Waals surface area contributed by atoms with Gasteiger partial charge in [-0.15, -0.1) is 0 Å². The van der Waals surface area contributed by atoms with Gasteiger partial charge in [-0.1, -0.05) is 30.3 Å². The van der Waals surface area contributed by atoms with Gasteiger partial charge < -0.3 is 20.9 Å². The van der Waals surface area contributed by atoms with Crippen LogP contribution in [0.15, 0.2) is 39.9 Å². The first-order valence-electron chi connectivity index (χ1n) is 8.28. The Labute approximate surface area is 157 Å². The Bertz CT molecular complexity index is 875. The highest BCUT2D eigenvalue weighted by Crippen LogP contribution is 2.16. The predicted octanol–water partition coefficient (Wildman–Crippen LogP) is -1.38. The Kier molecular flexibility index (Phi) is 6.53. The van der Waals surface area contributed by atoms with E-state index in [-0.39, 0.29) is 18.1 Å². The summed E-state index contributed by atoms with van der Waals surface area (Å²) < 4.78 is 1.33. The van der Waals surface area contributed by atoms with Gasteiger partial charge in [-0.2, -0.15) is 0 Å². The van der Waals surface area contributed by atoms with Gasteiger partial charge in [-0.05, 0) is 17.8 Å². The van der Waals surface area contributed by atoms with Gasteiger partial charge in [0.2, 0.25) is 0 Å². The van der Waals surface area contributed by atoms with Gasteiger partial charge >= 0.3 is 5.69 Å². The minimum Gasteiger partial charge on any atom is -0.383 e. The fraction of sp³-hybridized carbons (Fsp3) is 0.353. The number of nitrogens with zero attached hydrogens (tertiary/aromatic N) is 2. The van der Waals surface area contributed by atoms with Gasteiger partial charge in [0.15, 0.2) is 5.11 Å². The van der Waals surface area contributed by atoms with Gasteiger partial charge in [0.1, 0.15) is 11.5 Å². The fourth-order valence-corrected chi connectivity index (χ4v) is 2.66. The lowest BCUT2D eigenvalue weighted by molar-refractivity contribution is -0.856. The maximum atomic E-state index is 12.3. The second-order valence-corrected chi connectivity index (χ2v) is 6.70. The molecule has 8 nitrogen and oxygen atoms in total. The van der Waals surface area contributed by atoms with Crippen molar-refractivity contribution in [2.75, 3.05) is 44.9 Å². The lowest BCUT2D eigenvalue weighted by Crippen LogP contribution is -3.06. The number of anilines is 2. The van der Waals surface area contributed by atoms with Crippen LogP contribution in [0.2, 0.25) is 0 Å². The predicted molar refractivity (Wildman–Crippen MR) is 108 cm³/mol. The zero-order valence-corrected chi connectivity index (χ0v) is 16.0. The Hall–Kier alpha value is -2.65. The van der Waals surface area contributed by atoms with Gasteiger partial charge in [-0.3, -0.25) is 14.3 Å². The first kappa shape index (κ1) is 19.7. The van der Waals surface area contributed by atoms with E-state index in [1.54, 1.807) is 7.05 Å². The zero-order chi connectivity index (χ0) is 19.3. The molecule has 0 aliphatic heterocycles. The second-order valence-electron chi connectivity index (χ2n) is 6.31. The fourth-order valence-electron chi connectivity index (χ4n) is 2.46. The second kappa shape index (κ2) is 8.63. The number of thiocarbonyl (C=S) groups is 1. The Balaban J connectivity index is 2.31. The summed E-state index contributed by atoms with van der Waals surface area (Å²) in [5, 5.41) is 3.46. The van der Waals surface area contributed by atoms with Gasteiger partial charge in [0.05, 0.1) is 33.7 Å². The van der Waals surface area contributed by atoms with Crippen LogP contribution in [0.25, 0.3) is 0 Å². The van der Waals surface area contributed by atoms with E-state index >= 15 is 0 Å². The third kappa shape index (κ3) is 4.70. The minimum atomic E-state index is -0.568. The SMILES string of the molecule is CN(C(=S)NCC[NH+](C)C)c1c(N)n(Cc2ccccc2)c(=O)[nH]c1=O. The topological polar surface area (TPSA) is 101 Å². The molecule has 0 bridgehead atoms. The van der Waals surface area contributed by atoms with Crippen LogP contribution >= 0.6 is 12.2 Å². The molecule has 1 aromatic heterocycles. The number of quaternary nitrogens is 1. The van der Waals surface area contributed by atoms with Crippen molar-refractivity contribution in [1.29, 1.82) is 0 Å². The molecule has 0 radical (unpaired) electrons. The average Bonchev–Trinajstić information content (AvgIpc) is 2.58. The van der Waals surface area contributed by atoms with Gasteiger partial charge in [-0.25, -0.2) is 4.79 Å². The molecule has 0 unspecified atom stereocenters. The summed E-state index contributed by atoms with van der Waals surface area (Å²) in [6.07, 6.45) is 0. The normalized spacial score (nSPS) is 10.8. The molecule has 0 aliphatic rings. The van der Waals surface area contributed by atoms with Crippen molar-refractivity contribution in [3.8, 4) is 0 Å². The maximum absolute atomic E-state index is 12.3. The number of nitrogen functional groups attached to an aromatic ring is 1. The van der Waals surface area contributed by atoms with E-state index in [1.807, 2.05) is 44.4 Å². The average molecular weight is 377 g/mol. The summed E-state index contributed by atoms with van der Waals surface area (Å²) >= 11 is 5.35. The van der Waals surface area contributed by atoms with Crippen molar-refractivity contribution >= 4 is 28.8 Å². The van der Waals surface area contributed by atoms with Crippen LogP contribution in [0, 0.1) is 0 Å². The molecule has 0 saturated carbocycles. The zero-order valence-electron chi connectivity index (χ0n) is 15.2. The van der Waals surface area contributed by atoms with Crippen molar-refractivity contribution in [3.63, 3.8) is 0 Å². The summed E-state index contributed by atoms with van der Waals surface area (Å²) in [4.78, 5) is 29.6. The monoisotopic (exact) mass is 377 g/mol. The number of H-pyrrole nitrogens is 1. The van der Waals surface area contributed by atoms with Crippen LogP contribution in [0.4, 0.5) is 11.5 Å². The number of aromatic nitrogens is 2. The lowest BCUT2D eigenvalue weighted by Gasteiger charge is -2.23. The van der Waals surface area contributed by atoms with Gasteiger partial charge in [0.25, 0.3) is 5.56 Å². The third-order valence-corrected chi connectivity index (χ3v) is 4.36. The molecule has 26 heavy (non-hydrogen) atoms. The molecule has 0 fully saturated rings. The molecule has 0 saturated heterocycles. The smallest absolute Gasteiger partial charge is 0.330 e. The number of rotatable bonds is 6. The van der Waals surface area contributed by atoms with Crippen molar-refractivity contribution in [2.45, 2.75) is 6.54 Å². The maximum Gasteiger partial charge on any atom is 0.330 e. The van der Waals surface area contributed by atoms with Gasteiger partial charge in [0, 0.05) is 7.05 Å². The van der Waals surface area contributed by atoms with Crippen molar-refractivity contribution in [2.24, 2.45) is 0 Å². The Morgan fingerprint density at radius 3 is 2.58 bits per heavy atom. The van der Waals surface area contributed by atoms with E-state index in [4.69, 9.17) is 18.0 Å². The van der Waals surface area contributed by atoms with E-state index in [2.05, 4.69) is 10.3 Å². The van der Waals surface area contributed by atoms with E-state index in [0.29, 0.717) is 11.7 Å². The molecule has 140 valence electrons. The van der Waals surface area contributed by atoms with Crippen LogP contribution in [0.3, 0.4) is 0 Å².